The van der Waals surface area contributed by atoms with E-state index in [1.807, 2.05) is 0 Å². The van der Waals surface area contributed by atoms with Gasteiger partial charge in [-0.2, -0.15) is 4.31 Å². The Bertz CT molecular complexity index is 830. The van der Waals surface area contributed by atoms with Crippen LogP contribution in [0.5, 0.6) is 0 Å². The molecule has 8 heteroatoms. The molecule has 0 atom stereocenters. The van der Waals surface area contributed by atoms with Crippen molar-refractivity contribution in [3.63, 3.8) is 0 Å². The van der Waals surface area contributed by atoms with Crippen molar-refractivity contribution in [2.45, 2.75) is 24.7 Å². The van der Waals surface area contributed by atoms with Gasteiger partial charge in [0.1, 0.15) is 5.82 Å². The second-order valence-electron chi connectivity index (χ2n) is 6.00. The second kappa shape index (κ2) is 7.28. The summed E-state index contributed by atoms with van der Waals surface area (Å²) in [6.45, 7) is 2.44. The largest absolute Gasteiger partial charge is 0.323 e. The Morgan fingerprint density at radius 1 is 1.12 bits per heavy atom. The Morgan fingerprint density at radius 2 is 1.72 bits per heavy atom. The number of carbonyl (C=O) groups excluding carboxylic acids is 1. The van der Waals surface area contributed by atoms with Crippen molar-refractivity contribution >= 4 is 21.6 Å². The molecule has 1 aliphatic heterocycles. The van der Waals surface area contributed by atoms with E-state index in [1.165, 1.54) is 4.31 Å². The normalized spacial score (nSPS) is 16.5. The van der Waals surface area contributed by atoms with Gasteiger partial charge in [-0.05, 0) is 31.9 Å². The lowest BCUT2D eigenvalue weighted by Gasteiger charge is -2.30. The van der Waals surface area contributed by atoms with Gasteiger partial charge in [0.15, 0.2) is 0 Å². The van der Waals surface area contributed by atoms with Crippen LogP contribution in [0.25, 0.3) is 0 Å². The van der Waals surface area contributed by atoms with Crippen LogP contribution in [0.15, 0.2) is 47.6 Å². The summed E-state index contributed by atoms with van der Waals surface area (Å²) in [5, 5.41) is 2.79. The van der Waals surface area contributed by atoms with Gasteiger partial charge in [0, 0.05) is 19.0 Å². The number of hydrogen-bond acceptors (Lipinski definition) is 5. The lowest BCUT2D eigenvalue weighted by molar-refractivity contribution is -0.120. The number of sulfonamides is 1. The Kier molecular flexibility index (Phi) is 5.10. The Labute approximate surface area is 147 Å². The van der Waals surface area contributed by atoms with E-state index in [2.05, 4.69) is 15.3 Å². The number of nitrogens with zero attached hydrogens (tertiary/aromatic N) is 3. The molecule has 1 amide bonds. The highest BCUT2D eigenvalue weighted by Gasteiger charge is 2.32. The molecule has 1 fully saturated rings. The number of piperidine rings is 1. The molecule has 0 spiro atoms. The first-order valence-electron chi connectivity index (χ1n) is 8.11. The number of amides is 1. The zero-order chi connectivity index (χ0) is 17.9. The number of carbonyl (C=O) groups is 1. The van der Waals surface area contributed by atoms with Crippen LogP contribution in [-0.4, -0.2) is 41.7 Å². The van der Waals surface area contributed by atoms with Gasteiger partial charge < -0.3 is 5.32 Å². The van der Waals surface area contributed by atoms with E-state index in [-0.39, 0.29) is 16.7 Å². The van der Waals surface area contributed by atoms with Crippen molar-refractivity contribution in [2.24, 2.45) is 5.92 Å². The van der Waals surface area contributed by atoms with Crippen LogP contribution in [0.1, 0.15) is 18.7 Å². The standard InChI is InChI=1S/C17H20N4O3S/c1-13-18-11-15(12-19-13)20-17(22)14-7-9-21(10-8-14)25(23,24)16-5-3-2-4-6-16/h2-6,11-12,14H,7-10H2,1H3,(H,20,22). The number of rotatable bonds is 4. The maximum absolute atomic E-state index is 12.6. The molecule has 3 rings (SSSR count). The number of aromatic nitrogens is 2. The van der Waals surface area contributed by atoms with Gasteiger partial charge in [0.25, 0.3) is 0 Å². The van der Waals surface area contributed by atoms with Gasteiger partial charge in [0.05, 0.1) is 23.0 Å². The highest BCUT2D eigenvalue weighted by molar-refractivity contribution is 7.89. The van der Waals surface area contributed by atoms with Crippen LogP contribution in [0, 0.1) is 12.8 Å². The van der Waals surface area contributed by atoms with E-state index in [1.54, 1.807) is 49.6 Å². The number of hydrogen-bond donors (Lipinski definition) is 1. The third kappa shape index (κ3) is 4.02. The molecule has 0 radical (unpaired) electrons. The third-order valence-corrected chi connectivity index (χ3v) is 6.17. The first-order valence-corrected chi connectivity index (χ1v) is 9.55. The summed E-state index contributed by atoms with van der Waals surface area (Å²) in [6, 6.07) is 8.37. The highest BCUT2D eigenvalue weighted by atomic mass is 32.2. The predicted octanol–water partition coefficient (Wildman–Crippen LogP) is 1.82. The molecule has 1 aliphatic rings. The Hall–Kier alpha value is -2.32. The van der Waals surface area contributed by atoms with Crippen LogP contribution < -0.4 is 5.32 Å². The number of nitrogens with one attached hydrogen (secondary N) is 1. The smallest absolute Gasteiger partial charge is 0.243 e. The first kappa shape index (κ1) is 17.5. The average molecular weight is 360 g/mol. The second-order valence-corrected chi connectivity index (χ2v) is 7.94. The molecule has 2 aromatic rings. The van der Waals surface area contributed by atoms with E-state index >= 15 is 0 Å². The molecular formula is C17H20N4O3S. The monoisotopic (exact) mass is 360 g/mol. The molecule has 0 unspecified atom stereocenters. The molecule has 1 N–H and O–H groups in total. The number of benzene rings is 1. The molecule has 1 saturated heterocycles. The molecule has 25 heavy (non-hydrogen) atoms. The zero-order valence-corrected chi connectivity index (χ0v) is 14.7. The van der Waals surface area contributed by atoms with Gasteiger partial charge in [-0.15, -0.1) is 0 Å². The molecule has 7 nitrogen and oxygen atoms in total. The quantitative estimate of drug-likeness (QED) is 0.898. The summed E-state index contributed by atoms with van der Waals surface area (Å²) < 4.78 is 26.6. The van der Waals surface area contributed by atoms with E-state index in [0.29, 0.717) is 37.4 Å². The maximum atomic E-state index is 12.6. The Morgan fingerprint density at radius 3 is 2.32 bits per heavy atom. The van der Waals surface area contributed by atoms with Crippen molar-refractivity contribution in [2.75, 3.05) is 18.4 Å². The fraction of sp³-hybridized carbons (Fsp3) is 0.353. The molecule has 132 valence electrons. The molecule has 0 aliphatic carbocycles. The third-order valence-electron chi connectivity index (χ3n) is 4.25. The van der Waals surface area contributed by atoms with Gasteiger partial charge in [-0.25, -0.2) is 18.4 Å². The fourth-order valence-corrected chi connectivity index (χ4v) is 4.29. The lowest BCUT2D eigenvalue weighted by atomic mass is 9.97. The average Bonchev–Trinajstić information content (AvgIpc) is 2.64. The van der Waals surface area contributed by atoms with Crippen molar-refractivity contribution in [3.8, 4) is 0 Å². The maximum Gasteiger partial charge on any atom is 0.243 e. The summed E-state index contributed by atoms with van der Waals surface area (Å²) in [7, 11) is -3.49. The molecular weight excluding hydrogens is 340 g/mol. The van der Waals surface area contributed by atoms with E-state index in [4.69, 9.17) is 0 Å². The van der Waals surface area contributed by atoms with Gasteiger partial charge in [0.2, 0.25) is 15.9 Å². The van der Waals surface area contributed by atoms with Crippen molar-refractivity contribution in [3.05, 3.63) is 48.5 Å². The molecule has 1 aromatic heterocycles. The van der Waals surface area contributed by atoms with Crippen molar-refractivity contribution in [1.82, 2.24) is 14.3 Å². The molecule has 0 saturated carbocycles. The number of anilines is 1. The van der Waals surface area contributed by atoms with Crippen molar-refractivity contribution in [1.29, 1.82) is 0 Å². The van der Waals surface area contributed by atoms with E-state index in [9.17, 15) is 13.2 Å². The van der Waals surface area contributed by atoms with E-state index in [0.717, 1.165) is 0 Å². The topological polar surface area (TPSA) is 92.3 Å². The summed E-state index contributed by atoms with van der Waals surface area (Å²) in [4.78, 5) is 20.7. The first-order chi connectivity index (χ1) is 12.0. The van der Waals surface area contributed by atoms with Crippen LogP contribution in [0.2, 0.25) is 0 Å². The molecule has 2 heterocycles. The highest BCUT2D eigenvalue weighted by Crippen LogP contribution is 2.24. The SMILES string of the molecule is Cc1ncc(NC(=O)C2CCN(S(=O)(=O)c3ccccc3)CC2)cn1. The fourth-order valence-electron chi connectivity index (χ4n) is 2.80. The summed E-state index contributed by atoms with van der Waals surface area (Å²) >= 11 is 0. The summed E-state index contributed by atoms with van der Waals surface area (Å²) in [5.41, 5.74) is 0.551. The minimum Gasteiger partial charge on any atom is -0.323 e. The predicted molar refractivity (Wildman–Crippen MR) is 93.3 cm³/mol. The van der Waals surface area contributed by atoms with Gasteiger partial charge in [-0.1, -0.05) is 18.2 Å². The minimum atomic E-state index is -3.49. The van der Waals surface area contributed by atoms with Crippen molar-refractivity contribution < 1.29 is 13.2 Å². The summed E-state index contributed by atoms with van der Waals surface area (Å²) in [5.74, 6) is 0.296. The zero-order valence-electron chi connectivity index (χ0n) is 13.9. The molecule has 0 bridgehead atoms. The van der Waals surface area contributed by atoms with Gasteiger partial charge in [-0.3, -0.25) is 4.79 Å². The van der Waals surface area contributed by atoms with Crippen LogP contribution in [0.4, 0.5) is 5.69 Å². The van der Waals surface area contributed by atoms with Gasteiger partial charge >= 0.3 is 0 Å². The number of aryl methyl sites for hydroxylation is 1. The van der Waals surface area contributed by atoms with Crippen LogP contribution in [0.3, 0.4) is 0 Å². The minimum absolute atomic E-state index is 0.121. The van der Waals surface area contributed by atoms with Crippen LogP contribution in [-0.2, 0) is 14.8 Å². The molecule has 1 aromatic carbocycles. The summed E-state index contributed by atoms with van der Waals surface area (Å²) in [6.07, 6.45) is 4.11. The van der Waals surface area contributed by atoms with E-state index < -0.39 is 10.0 Å². The lowest BCUT2D eigenvalue weighted by Crippen LogP contribution is -2.41. The Balaban J connectivity index is 1.60. The van der Waals surface area contributed by atoms with Crippen LogP contribution >= 0.6 is 0 Å².